The van der Waals surface area contributed by atoms with Crippen molar-refractivity contribution in [1.29, 1.82) is 0 Å². The first-order valence-electron chi connectivity index (χ1n) is 9.04. The van der Waals surface area contributed by atoms with Gasteiger partial charge in [0.25, 0.3) is 0 Å². The number of nitrogens with one attached hydrogen (secondary N) is 1. The average molecular weight is 399 g/mol. The number of halogens is 2. The molecule has 0 amide bonds. The van der Waals surface area contributed by atoms with E-state index in [1.807, 2.05) is 0 Å². The predicted molar refractivity (Wildman–Crippen MR) is 104 cm³/mol. The number of anilines is 1. The van der Waals surface area contributed by atoms with E-state index in [0.717, 1.165) is 6.26 Å². The number of hydrogen-bond donors (Lipinski definition) is 2. The number of fused-ring (bicyclic) bond motifs is 1. The molecule has 0 bridgehead atoms. The maximum Gasteiger partial charge on any atom is 0.183 e. The quantitative estimate of drug-likeness (QED) is 0.804. The van der Waals surface area contributed by atoms with Gasteiger partial charge >= 0.3 is 0 Å². The van der Waals surface area contributed by atoms with Crippen molar-refractivity contribution in [3.63, 3.8) is 0 Å². The molecule has 2 aromatic heterocycles. The van der Waals surface area contributed by atoms with E-state index in [9.17, 15) is 13.9 Å². The molecule has 0 fully saturated rings. The minimum atomic E-state index is -0.670. The highest BCUT2D eigenvalue weighted by molar-refractivity contribution is 5.74. The lowest BCUT2D eigenvalue weighted by atomic mass is 10.1. The summed E-state index contributed by atoms with van der Waals surface area (Å²) >= 11 is 0. The van der Waals surface area contributed by atoms with Gasteiger partial charge < -0.3 is 15.2 Å². The second-order valence-electron chi connectivity index (χ2n) is 6.82. The molecule has 29 heavy (non-hydrogen) atoms. The van der Waals surface area contributed by atoms with Crippen molar-refractivity contribution in [3.05, 3.63) is 65.5 Å². The lowest BCUT2D eigenvalue weighted by molar-refractivity contribution is 0.132. The Morgan fingerprint density at radius 3 is 2.93 bits per heavy atom. The monoisotopic (exact) mass is 399 g/mol. The van der Waals surface area contributed by atoms with Gasteiger partial charge in [-0.05, 0) is 38.1 Å². The summed E-state index contributed by atoms with van der Waals surface area (Å²) < 4.78 is 34.1. The molecule has 0 spiro atoms. The van der Waals surface area contributed by atoms with Crippen LogP contribution in [0.2, 0.25) is 0 Å². The summed E-state index contributed by atoms with van der Waals surface area (Å²) in [6.45, 7) is 3.56. The standard InChI is InChI=1S/C20H19F2N5O2/c1-11-3-4-14(21)18(25-11)16-7-13(5-6-23-16)26-19-15(22)10-29-17-8-24-27(20(17)19)9-12(2)28/h3-8,10,12,17,28H,9H2,1-2H3,(H,23,26)/t12-,17?/m0/s1. The zero-order valence-electron chi connectivity index (χ0n) is 15.8. The second-order valence-corrected chi connectivity index (χ2v) is 6.82. The first-order chi connectivity index (χ1) is 13.9. The fraction of sp³-hybridized carbons (Fsp3) is 0.250. The summed E-state index contributed by atoms with van der Waals surface area (Å²) in [7, 11) is 0. The lowest BCUT2D eigenvalue weighted by Gasteiger charge is -2.27. The van der Waals surface area contributed by atoms with Gasteiger partial charge in [-0.15, -0.1) is 0 Å². The topological polar surface area (TPSA) is 82.9 Å². The van der Waals surface area contributed by atoms with Crippen molar-refractivity contribution in [3.8, 4) is 11.4 Å². The van der Waals surface area contributed by atoms with E-state index in [4.69, 9.17) is 4.74 Å². The summed E-state index contributed by atoms with van der Waals surface area (Å²) in [6, 6.07) is 6.13. The molecule has 4 heterocycles. The highest BCUT2D eigenvalue weighted by atomic mass is 19.1. The number of rotatable bonds is 5. The fourth-order valence-corrected chi connectivity index (χ4v) is 3.13. The van der Waals surface area contributed by atoms with Crippen LogP contribution in [0.1, 0.15) is 12.6 Å². The van der Waals surface area contributed by atoms with Gasteiger partial charge in [-0.1, -0.05) is 0 Å². The Hall–Kier alpha value is -3.33. The second kappa shape index (κ2) is 7.59. The van der Waals surface area contributed by atoms with Crippen LogP contribution in [0, 0.1) is 12.7 Å². The highest BCUT2D eigenvalue weighted by Gasteiger charge is 2.34. The Morgan fingerprint density at radius 2 is 2.14 bits per heavy atom. The van der Waals surface area contributed by atoms with E-state index >= 15 is 0 Å². The van der Waals surface area contributed by atoms with Gasteiger partial charge in [0.15, 0.2) is 17.7 Å². The molecule has 150 valence electrons. The van der Waals surface area contributed by atoms with Crippen LogP contribution in [0.3, 0.4) is 0 Å². The number of aryl methyl sites for hydroxylation is 1. The van der Waals surface area contributed by atoms with Gasteiger partial charge in [0, 0.05) is 17.6 Å². The van der Waals surface area contributed by atoms with Gasteiger partial charge in [-0.3, -0.25) is 9.99 Å². The molecular formula is C20H19F2N5O2. The van der Waals surface area contributed by atoms with Crippen LogP contribution in [0.25, 0.3) is 11.4 Å². The number of aliphatic hydroxyl groups is 1. The Kier molecular flexibility index (Phi) is 4.98. The number of hydrogen-bond acceptors (Lipinski definition) is 7. The van der Waals surface area contributed by atoms with Crippen LogP contribution in [-0.2, 0) is 4.74 Å². The maximum absolute atomic E-state index is 14.6. The average Bonchev–Trinajstić information content (AvgIpc) is 3.08. The molecule has 0 radical (unpaired) electrons. The number of β-amino-alcohol motifs (C(OH)–C–C–N with tert-alkyl or cyclic N) is 1. The molecule has 0 saturated carbocycles. The normalized spacial score (nSPS) is 19.0. The first-order valence-corrected chi connectivity index (χ1v) is 9.04. The van der Waals surface area contributed by atoms with E-state index in [0.29, 0.717) is 22.8 Å². The number of pyridine rings is 2. The van der Waals surface area contributed by atoms with Crippen molar-refractivity contribution >= 4 is 11.9 Å². The van der Waals surface area contributed by atoms with Crippen molar-refractivity contribution in [2.45, 2.75) is 26.1 Å². The van der Waals surface area contributed by atoms with Gasteiger partial charge in [0.2, 0.25) is 0 Å². The minimum Gasteiger partial charge on any atom is -0.483 e. The van der Waals surface area contributed by atoms with Crippen LogP contribution >= 0.6 is 0 Å². The molecule has 0 aromatic carbocycles. The first kappa shape index (κ1) is 19.0. The number of allylic oxidation sites excluding steroid dienone is 1. The van der Waals surface area contributed by atoms with E-state index in [1.165, 1.54) is 23.5 Å². The Bertz CT molecular complexity index is 1040. The molecule has 2 aliphatic heterocycles. The molecule has 0 saturated heterocycles. The van der Waals surface area contributed by atoms with Crippen molar-refractivity contribution in [2.24, 2.45) is 5.10 Å². The number of hydrazone groups is 1. The molecule has 2 N–H and O–H groups in total. The van der Waals surface area contributed by atoms with Gasteiger partial charge in [0.05, 0.1) is 24.6 Å². The Balaban J connectivity index is 1.69. The lowest BCUT2D eigenvalue weighted by Crippen LogP contribution is -2.31. The molecule has 9 heteroatoms. The van der Waals surface area contributed by atoms with Crippen molar-refractivity contribution in [2.75, 3.05) is 11.9 Å². The summed E-state index contributed by atoms with van der Waals surface area (Å²) in [5, 5.41) is 18.4. The number of aliphatic hydroxyl groups excluding tert-OH is 1. The number of nitrogens with zero attached hydrogens (tertiary/aromatic N) is 4. The third-order valence-electron chi connectivity index (χ3n) is 4.40. The largest absolute Gasteiger partial charge is 0.483 e. The van der Waals surface area contributed by atoms with Crippen molar-refractivity contribution < 1.29 is 18.6 Å². The van der Waals surface area contributed by atoms with Crippen LogP contribution < -0.4 is 5.32 Å². The molecule has 0 aliphatic carbocycles. The van der Waals surface area contributed by atoms with Crippen LogP contribution in [0.4, 0.5) is 14.5 Å². The van der Waals surface area contributed by atoms with Gasteiger partial charge in [-0.25, -0.2) is 13.8 Å². The SMILES string of the molecule is Cc1ccc(F)c(-c2cc(NC3=C4C(C=NN4C[C@H](C)O)OC=C3F)ccn2)n1. The smallest absolute Gasteiger partial charge is 0.183 e. The predicted octanol–water partition coefficient (Wildman–Crippen LogP) is 3.11. The third-order valence-corrected chi connectivity index (χ3v) is 4.40. The van der Waals surface area contributed by atoms with Crippen LogP contribution in [0.5, 0.6) is 0 Å². The highest BCUT2D eigenvalue weighted by Crippen LogP contribution is 2.33. The fourth-order valence-electron chi connectivity index (χ4n) is 3.13. The van der Waals surface area contributed by atoms with Gasteiger partial charge in [0.1, 0.15) is 23.4 Å². The zero-order chi connectivity index (χ0) is 20.5. The summed E-state index contributed by atoms with van der Waals surface area (Å²) in [6.07, 6.45) is 2.80. The summed E-state index contributed by atoms with van der Waals surface area (Å²) in [5.41, 5.74) is 2.20. The molecule has 7 nitrogen and oxygen atoms in total. The molecular weight excluding hydrogens is 380 g/mol. The Morgan fingerprint density at radius 1 is 1.31 bits per heavy atom. The number of aromatic nitrogens is 2. The van der Waals surface area contributed by atoms with E-state index < -0.39 is 23.9 Å². The molecule has 4 rings (SSSR count). The zero-order valence-corrected chi connectivity index (χ0v) is 15.8. The molecule has 1 unspecified atom stereocenters. The molecule has 2 aliphatic rings. The van der Waals surface area contributed by atoms with Crippen LogP contribution in [-0.4, -0.2) is 45.1 Å². The summed E-state index contributed by atoms with van der Waals surface area (Å²) in [4.78, 5) is 8.39. The summed E-state index contributed by atoms with van der Waals surface area (Å²) in [5.74, 6) is -1.11. The van der Waals surface area contributed by atoms with E-state index in [-0.39, 0.29) is 17.9 Å². The molecule has 2 atom stereocenters. The third kappa shape index (κ3) is 3.81. The maximum atomic E-state index is 14.6. The molecule has 2 aromatic rings. The minimum absolute atomic E-state index is 0.118. The van der Waals surface area contributed by atoms with Crippen LogP contribution in [0.15, 0.2) is 59.0 Å². The van der Waals surface area contributed by atoms with Gasteiger partial charge in [-0.2, -0.15) is 5.10 Å². The Labute approximate surface area is 166 Å². The number of ether oxygens (including phenoxy) is 1. The van der Waals surface area contributed by atoms with Crippen molar-refractivity contribution in [1.82, 2.24) is 15.0 Å². The van der Waals surface area contributed by atoms with E-state index in [2.05, 4.69) is 20.4 Å². The van der Waals surface area contributed by atoms with E-state index in [1.54, 1.807) is 32.0 Å².